The van der Waals surface area contributed by atoms with Crippen LogP contribution in [0.2, 0.25) is 0 Å². The smallest absolute Gasteiger partial charge is 0.421 e. The van der Waals surface area contributed by atoms with Crippen LogP contribution in [-0.2, 0) is 56.5 Å². The number of aromatic nitrogens is 4. The van der Waals surface area contributed by atoms with E-state index in [1.807, 2.05) is 35.6 Å². The Morgan fingerprint density at radius 3 is 1.14 bits per heavy atom. The molecule has 0 saturated heterocycles. The van der Waals surface area contributed by atoms with Crippen molar-refractivity contribution < 1.29 is 65.6 Å². The number of aryl methyl sites for hydroxylation is 2. The molecule has 0 aliphatic rings. The van der Waals surface area contributed by atoms with Gasteiger partial charge in [-0.15, -0.1) is 0 Å². The number of sulfonamides is 2. The van der Waals surface area contributed by atoms with E-state index in [1.165, 1.54) is 0 Å². The van der Waals surface area contributed by atoms with E-state index in [1.54, 1.807) is 25.0 Å². The van der Waals surface area contributed by atoms with Gasteiger partial charge in [-0.2, -0.15) is 26.3 Å². The standard InChI is InChI=1S/2C4H6N2.C2F6NO4S2.Ag/c2*1-6-3-2-5-4-6;3-1(4,5)14(10,11)9-15(12,13)2(6,7)8;/h2*2-4H,1H3;;/q;;-1;+1. The molecule has 0 N–H and O–H groups in total. The molecule has 0 aliphatic carbocycles. The van der Waals surface area contributed by atoms with Crippen LogP contribution in [0, 0.1) is 0 Å². The van der Waals surface area contributed by atoms with Gasteiger partial charge in [0.25, 0.3) is 0 Å². The van der Waals surface area contributed by atoms with Crippen molar-refractivity contribution in [2.75, 3.05) is 0 Å². The zero-order chi connectivity index (χ0) is 21.5. The Morgan fingerprint density at radius 2 is 1.04 bits per heavy atom. The number of halogens is 6. The van der Waals surface area contributed by atoms with Gasteiger partial charge in [0.05, 0.1) is 12.7 Å². The Morgan fingerprint density at radius 1 is 0.750 bits per heavy atom. The normalized spacial score (nSPS) is 12.0. The molecule has 166 valence electrons. The summed E-state index contributed by atoms with van der Waals surface area (Å²) in [7, 11) is -9.57. The number of hydrogen-bond acceptors (Lipinski definition) is 6. The van der Waals surface area contributed by atoms with E-state index in [9.17, 15) is 43.2 Å². The number of nitrogens with zero attached hydrogens (tertiary/aromatic N) is 5. The van der Waals surface area contributed by atoms with E-state index in [-0.39, 0.29) is 22.4 Å². The van der Waals surface area contributed by atoms with Crippen LogP contribution in [0.1, 0.15) is 0 Å². The van der Waals surface area contributed by atoms with Crippen LogP contribution in [0.5, 0.6) is 0 Å². The summed E-state index contributed by atoms with van der Waals surface area (Å²) in [6, 6.07) is 0. The Balaban J connectivity index is 0. The van der Waals surface area contributed by atoms with Crippen molar-refractivity contribution in [2.24, 2.45) is 14.1 Å². The van der Waals surface area contributed by atoms with Gasteiger partial charge >= 0.3 is 33.4 Å². The van der Waals surface area contributed by atoms with Gasteiger partial charge in [-0.1, -0.05) is 0 Å². The molecular formula is C10H12AgF6N5O4S2. The van der Waals surface area contributed by atoms with Crippen LogP contribution in [0.4, 0.5) is 26.3 Å². The van der Waals surface area contributed by atoms with Crippen LogP contribution in [0.25, 0.3) is 4.13 Å². The van der Waals surface area contributed by atoms with Crippen molar-refractivity contribution in [1.82, 2.24) is 19.1 Å². The molecule has 0 saturated carbocycles. The Hall–Kier alpha value is -1.40. The molecule has 0 radical (unpaired) electrons. The van der Waals surface area contributed by atoms with Gasteiger partial charge in [0.15, 0.2) is 20.0 Å². The van der Waals surface area contributed by atoms with Crippen molar-refractivity contribution in [1.29, 1.82) is 0 Å². The topological polar surface area (TPSA) is 118 Å². The number of rotatable bonds is 2. The van der Waals surface area contributed by atoms with Crippen molar-refractivity contribution in [2.45, 2.75) is 11.0 Å². The molecule has 0 amide bonds. The summed E-state index contributed by atoms with van der Waals surface area (Å²) in [5.41, 5.74) is -12.4. The van der Waals surface area contributed by atoms with Gasteiger partial charge in [0.2, 0.25) is 0 Å². The van der Waals surface area contributed by atoms with Crippen molar-refractivity contribution in [3.63, 3.8) is 0 Å². The molecule has 9 nitrogen and oxygen atoms in total. The summed E-state index contributed by atoms with van der Waals surface area (Å²) < 4.78 is 113. The van der Waals surface area contributed by atoms with Crippen molar-refractivity contribution in [3.8, 4) is 0 Å². The molecule has 18 heteroatoms. The summed E-state index contributed by atoms with van der Waals surface area (Å²) in [5.74, 6) is 0. The number of alkyl halides is 6. The molecule has 0 unspecified atom stereocenters. The minimum atomic E-state index is -6.72. The fourth-order valence-corrected chi connectivity index (χ4v) is 2.57. The Bertz CT molecular complexity index is 806. The Kier molecular flexibility index (Phi) is 11.3. The zero-order valence-corrected chi connectivity index (χ0v) is 16.8. The molecule has 28 heavy (non-hydrogen) atoms. The molecule has 2 aromatic rings. The third kappa shape index (κ3) is 10.2. The van der Waals surface area contributed by atoms with Gasteiger partial charge < -0.3 is 13.3 Å². The number of imidazole rings is 2. The minimum Gasteiger partial charge on any atom is -0.421 e. The summed E-state index contributed by atoms with van der Waals surface area (Å²) >= 11 is 0. The van der Waals surface area contributed by atoms with E-state index >= 15 is 0 Å². The van der Waals surface area contributed by atoms with E-state index < -0.39 is 31.1 Å². The SMILES string of the molecule is Cn1ccnc1.Cn1ccnc1.O=S(=O)([N-]S(=O)(=O)C(F)(F)F)C(F)(F)F.[Ag+]. The number of hydrogen-bond donors (Lipinski definition) is 0. The summed E-state index contributed by atoms with van der Waals surface area (Å²) in [6.07, 6.45) is 10.8. The molecule has 2 aromatic heterocycles. The third-order valence-electron chi connectivity index (χ3n) is 2.05. The van der Waals surface area contributed by atoms with Crippen LogP contribution < -0.4 is 0 Å². The van der Waals surface area contributed by atoms with Gasteiger partial charge in [0, 0.05) is 38.9 Å². The van der Waals surface area contributed by atoms with Gasteiger partial charge in [-0.3, -0.25) is 0 Å². The summed E-state index contributed by atoms with van der Waals surface area (Å²) in [4.78, 5) is 7.57. The fraction of sp³-hybridized carbons (Fsp3) is 0.400. The first-order chi connectivity index (χ1) is 12.0. The molecule has 2 rings (SSSR count). The van der Waals surface area contributed by atoms with E-state index in [0.717, 1.165) is 4.13 Å². The maximum atomic E-state index is 11.4. The predicted octanol–water partition coefficient (Wildman–Crippen LogP) is 1.90. The largest absolute Gasteiger partial charge is 1.00 e. The maximum Gasteiger partial charge on any atom is 1.00 e. The maximum absolute atomic E-state index is 11.4. The second-order valence-corrected chi connectivity index (χ2v) is 7.79. The van der Waals surface area contributed by atoms with Crippen LogP contribution in [0.3, 0.4) is 0 Å². The summed E-state index contributed by atoms with van der Waals surface area (Å²) in [5, 5.41) is 0. The third-order valence-corrected chi connectivity index (χ3v) is 4.79. The van der Waals surface area contributed by atoms with Crippen LogP contribution in [-0.4, -0.2) is 47.0 Å². The summed E-state index contributed by atoms with van der Waals surface area (Å²) in [6.45, 7) is 0. The molecule has 0 fully saturated rings. The molecule has 0 aromatic carbocycles. The molecule has 0 aliphatic heterocycles. The fourth-order valence-electron chi connectivity index (χ4n) is 0.865. The predicted molar refractivity (Wildman–Crippen MR) is 79.7 cm³/mol. The second-order valence-electron chi connectivity index (χ2n) is 4.37. The van der Waals surface area contributed by atoms with Gasteiger partial charge in [0.1, 0.15) is 0 Å². The van der Waals surface area contributed by atoms with E-state index in [2.05, 4.69) is 9.97 Å². The zero-order valence-electron chi connectivity index (χ0n) is 13.7. The average molecular weight is 552 g/mol. The van der Waals surface area contributed by atoms with E-state index in [0.29, 0.717) is 0 Å². The molecule has 0 atom stereocenters. The average Bonchev–Trinajstić information content (AvgIpc) is 3.10. The van der Waals surface area contributed by atoms with Crippen molar-refractivity contribution in [3.05, 3.63) is 41.6 Å². The molecule has 0 spiro atoms. The first kappa shape index (κ1) is 28.8. The quantitative estimate of drug-likeness (QED) is 0.415. The Labute approximate surface area is 171 Å². The van der Waals surface area contributed by atoms with Gasteiger partial charge in [-0.05, 0) is 0 Å². The first-order valence-corrected chi connectivity index (χ1v) is 9.08. The van der Waals surface area contributed by atoms with Gasteiger partial charge in [-0.25, -0.2) is 26.8 Å². The first-order valence-electron chi connectivity index (χ1n) is 6.20. The molecule has 0 bridgehead atoms. The van der Waals surface area contributed by atoms with Crippen LogP contribution >= 0.6 is 0 Å². The second kappa shape index (κ2) is 11.0. The van der Waals surface area contributed by atoms with Crippen LogP contribution in [0.15, 0.2) is 37.4 Å². The molecular weight excluding hydrogens is 540 g/mol. The monoisotopic (exact) mass is 551 g/mol. The molecule has 2 heterocycles. The van der Waals surface area contributed by atoms with E-state index in [4.69, 9.17) is 0 Å². The minimum absolute atomic E-state index is 0. The van der Waals surface area contributed by atoms with Crippen molar-refractivity contribution >= 4 is 20.0 Å².